The summed E-state index contributed by atoms with van der Waals surface area (Å²) in [5.74, 6) is 2.53. The summed E-state index contributed by atoms with van der Waals surface area (Å²) in [5.41, 5.74) is 3.71. The number of nitrogens with zero attached hydrogens (tertiary/aromatic N) is 4. The third-order valence-electron chi connectivity index (χ3n) is 5.19. The van der Waals surface area contributed by atoms with Crippen molar-refractivity contribution in [3.05, 3.63) is 65.9 Å². The van der Waals surface area contributed by atoms with Crippen molar-refractivity contribution in [3.63, 3.8) is 0 Å². The zero-order chi connectivity index (χ0) is 21.9. The lowest BCUT2D eigenvalue weighted by Gasteiger charge is -2.22. The first-order valence-corrected chi connectivity index (χ1v) is 10.6. The smallest absolute Gasteiger partial charge is 0.370 e. The molecule has 1 aromatic carbocycles. The molecule has 7 nitrogen and oxygen atoms in total. The number of fused-ring (bicyclic) bond motifs is 1. The molecule has 31 heavy (non-hydrogen) atoms. The molecule has 0 fully saturated rings. The van der Waals surface area contributed by atoms with E-state index in [9.17, 15) is 0 Å². The predicted octanol–water partition coefficient (Wildman–Crippen LogP) is 3.77. The zero-order valence-electron chi connectivity index (χ0n) is 17.8. The monoisotopic (exact) mass is 417 g/mol. The van der Waals surface area contributed by atoms with Crippen LogP contribution in [0.15, 0.2) is 54.7 Å². The Morgan fingerprint density at radius 1 is 1.00 bits per heavy atom. The fraction of sp³-hybridized carbons (Fsp3) is 0.333. The Hall–Kier alpha value is -3.57. The molecule has 0 amide bonds. The van der Waals surface area contributed by atoms with Crippen molar-refractivity contribution in [2.24, 2.45) is 0 Å². The molecule has 0 atom stereocenters. The molecular weight excluding hydrogens is 390 g/mol. The number of nitrogens with one attached hydrogen (secondary N) is 1. The van der Waals surface area contributed by atoms with Crippen LogP contribution in [0.5, 0.6) is 0 Å². The van der Waals surface area contributed by atoms with Gasteiger partial charge in [-0.25, -0.2) is 9.97 Å². The number of hydrogen-bond acceptors (Lipinski definition) is 7. The molecular formula is C24H27N5O2. The number of aromatic nitrogens is 3. The quantitative estimate of drug-likeness (QED) is 0.611. The zero-order valence-corrected chi connectivity index (χ0v) is 17.8. The maximum absolute atomic E-state index is 8.12. The van der Waals surface area contributed by atoms with Crippen LogP contribution in [-0.2, 0) is 22.4 Å². The topological polar surface area (TPSA) is 88.1 Å². The summed E-state index contributed by atoms with van der Waals surface area (Å²) in [6.45, 7) is 5.04. The van der Waals surface area contributed by atoms with Gasteiger partial charge in [-0.05, 0) is 42.5 Å². The molecule has 0 unspecified atom stereocenters. The second-order valence-electron chi connectivity index (χ2n) is 7.27. The van der Waals surface area contributed by atoms with Gasteiger partial charge in [0.25, 0.3) is 0 Å². The van der Waals surface area contributed by atoms with E-state index < -0.39 is 0 Å². The van der Waals surface area contributed by atoms with Crippen LogP contribution in [0.3, 0.4) is 0 Å². The largest absolute Gasteiger partial charge is 0.373 e. The third-order valence-corrected chi connectivity index (χ3v) is 5.19. The Labute approximate surface area is 182 Å². The highest BCUT2D eigenvalue weighted by Crippen LogP contribution is 2.24. The van der Waals surface area contributed by atoms with Gasteiger partial charge in [0.2, 0.25) is 0 Å². The van der Waals surface area contributed by atoms with E-state index in [4.69, 9.17) is 19.6 Å². The number of unbranched alkanes of at least 4 members (excludes halogenated alkanes) is 1. The maximum Gasteiger partial charge on any atom is 0.373 e. The van der Waals surface area contributed by atoms with Crippen LogP contribution in [0.2, 0.25) is 0 Å². The van der Waals surface area contributed by atoms with E-state index in [-0.39, 0.29) is 6.15 Å². The Morgan fingerprint density at radius 2 is 1.68 bits per heavy atom. The molecule has 1 aliphatic rings. The lowest BCUT2D eigenvalue weighted by molar-refractivity contribution is -0.191. The first-order chi connectivity index (χ1) is 15.2. The first-order valence-electron chi connectivity index (χ1n) is 10.6. The van der Waals surface area contributed by atoms with Gasteiger partial charge in [-0.3, -0.25) is 4.98 Å². The Bertz CT molecular complexity index is 977. The van der Waals surface area contributed by atoms with Crippen molar-refractivity contribution in [1.29, 1.82) is 0 Å². The highest BCUT2D eigenvalue weighted by atomic mass is 16.2. The molecule has 0 bridgehead atoms. The van der Waals surface area contributed by atoms with Gasteiger partial charge in [-0.1, -0.05) is 43.7 Å². The van der Waals surface area contributed by atoms with Crippen molar-refractivity contribution in [3.8, 4) is 11.5 Å². The van der Waals surface area contributed by atoms with Gasteiger partial charge >= 0.3 is 6.15 Å². The normalized spacial score (nSPS) is 12.6. The van der Waals surface area contributed by atoms with Crippen LogP contribution in [0.1, 0.15) is 30.9 Å². The Balaban J connectivity index is 0.000000858. The molecule has 3 heterocycles. The fourth-order valence-corrected chi connectivity index (χ4v) is 3.59. The highest BCUT2D eigenvalue weighted by molar-refractivity contribution is 5.59. The van der Waals surface area contributed by atoms with Crippen LogP contribution in [-0.4, -0.2) is 40.7 Å². The lowest BCUT2D eigenvalue weighted by atomic mass is 10.0. The first kappa shape index (κ1) is 22.1. The molecule has 1 N–H and O–H groups in total. The maximum atomic E-state index is 8.12. The van der Waals surface area contributed by atoms with E-state index in [0.717, 1.165) is 62.6 Å². The number of carbonyl (C=O) groups excluding carboxylic acids is 2. The Morgan fingerprint density at radius 3 is 2.29 bits per heavy atom. The van der Waals surface area contributed by atoms with Crippen molar-refractivity contribution in [1.82, 2.24) is 15.0 Å². The van der Waals surface area contributed by atoms with E-state index in [0.29, 0.717) is 5.82 Å². The summed E-state index contributed by atoms with van der Waals surface area (Å²) < 4.78 is 0. The number of hydrogen-bond donors (Lipinski definition) is 1. The van der Waals surface area contributed by atoms with E-state index in [1.807, 2.05) is 18.2 Å². The van der Waals surface area contributed by atoms with Crippen molar-refractivity contribution in [2.45, 2.75) is 32.6 Å². The summed E-state index contributed by atoms with van der Waals surface area (Å²) in [5, 5.41) is 3.46. The van der Waals surface area contributed by atoms with Gasteiger partial charge in [0.1, 0.15) is 17.3 Å². The molecule has 3 aromatic rings. The minimum absolute atomic E-state index is 0.250. The van der Waals surface area contributed by atoms with Gasteiger partial charge in [0.15, 0.2) is 5.82 Å². The SMILES string of the molecule is CCCCNc1cc(N2CCc3ccccc3CC2)nc(-c2ccccn2)n1.O=C=O. The molecule has 0 spiro atoms. The minimum Gasteiger partial charge on any atom is -0.370 e. The van der Waals surface area contributed by atoms with E-state index in [1.165, 1.54) is 11.1 Å². The summed E-state index contributed by atoms with van der Waals surface area (Å²) >= 11 is 0. The summed E-state index contributed by atoms with van der Waals surface area (Å²) in [4.78, 5) is 32.7. The number of pyridine rings is 1. The molecule has 2 aromatic heterocycles. The standard InChI is InChI=1S/C23H27N5.CO2/c1-2-3-13-25-21-17-22(27-23(26-21)20-10-6-7-14-24-20)28-15-11-18-8-4-5-9-19(18)12-16-28;2-1-3/h4-10,14,17H,2-3,11-13,15-16H2,1H3,(H,25,26,27);. The van der Waals surface area contributed by atoms with Gasteiger partial charge < -0.3 is 10.2 Å². The van der Waals surface area contributed by atoms with Crippen LogP contribution >= 0.6 is 0 Å². The van der Waals surface area contributed by atoms with E-state index in [2.05, 4.69) is 52.5 Å². The molecule has 7 heteroatoms. The van der Waals surface area contributed by atoms with Crippen molar-refractivity contribution < 1.29 is 9.59 Å². The molecule has 0 aliphatic carbocycles. The minimum atomic E-state index is 0.250. The summed E-state index contributed by atoms with van der Waals surface area (Å²) in [6.07, 6.45) is 6.40. The number of anilines is 2. The van der Waals surface area contributed by atoms with Crippen LogP contribution < -0.4 is 10.2 Å². The second kappa shape index (κ2) is 11.6. The second-order valence-corrected chi connectivity index (χ2v) is 7.27. The highest BCUT2D eigenvalue weighted by Gasteiger charge is 2.17. The van der Waals surface area contributed by atoms with Gasteiger partial charge in [0, 0.05) is 31.9 Å². The average Bonchev–Trinajstić information content (AvgIpc) is 3.03. The third kappa shape index (κ3) is 6.20. The molecule has 160 valence electrons. The summed E-state index contributed by atoms with van der Waals surface area (Å²) in [6, 6.07) is 16.7. The molecule has 0 saturated carbocycles. The van der Waals surface area contributed by atoms with Gasteiger partial charge in [-0.15, -0.1) is 0 Å². The Kier molecular flexibility index (Phi) is 8.26. The number of rotatable bonds is 6. The van der Waals surface area contributed by atoms with Crippen molar-refractivity contribution >= 4 is 17.8 Å². The van der Waals surface area contributed by atoms with Crippen LogP contribution in [0.4, 0.5) is 11.6 Å². The fourth-order valence-electron chi connectivity index (χ4n) is 3.59. The molecule has 0 saturated heterocycles. The molecule has 1 aliphatic heterocycles. The summed E-state index contributed by atoms with van der Waals surface area (Å²) in [7, 11) is 0. The molecule has 4 rings (SSSR count). The van der Waals surface area contributed by atoms with Gasteiger partial charge in [-0.2, -0.15) is 9.59 Å². The number of benzene rings is 1. The lowest BCUT2D eigenvalue weighted by Crippen LogP contribution is -2.27. The van der Waals surface area contributed by atoms with E-state index >= 15 is 0 Å². The van der Waals surface area contributed by atoms with Crippen LogP contribution in [0, 0.1) is 0 Å². The predicted molar refractivity (Wildman–Crippen MR) is 120 cm³/mol. The van der Waals surface area contributed by atoms with Gasteiger partial charge in [0.05, 0.1) is 0 Å². The van der Waals surface area contributed by atoms with Crippen molar-refractivity contribution in [2.75, 3.05) is 29.9 Å². The van der Waals surface area contributed by atoms with Crippen LogP contribution in [0.25, 0.3) is 11.5 Å². The average molecular weight is 418 g/mol. The molecule has 0 radical (unpaired) electrons. The van der Waals surface area contributed by atoms with E-state index in [1.54, 1.807) is 6.20 Å².